The molecule has 0 aliphatic heterocycles. The fourth-order valence-corrected chi connectivity index (χ4v) is 1.08. The van der Waals surface area contributed by atoms with Crippen molar-refractivity contribution in [2.45, 2.75) is 25.4 Å². The molecular weight excluding hydrogens is 242 g/mol. The Kier molecular flexibility index (Phi) is 7.59. The third-order valence-corrected chi connectivity index (χ3v) is 1.91. The van der Waals surface area contributed by atoms with Gasteiger partial charge < -0.3 is 21.9 Å². The highest BCUT2D eigenvalue weighted by molar-refractivity contribution is 5.90. The van der Waals surface area contributed by atoms with Crippen molar-refractivity contribution in [1.29, 1.82) is 0 Å². The molecule has 8 N–H and O–H groups in total. The summed E-state index contributed by atoms with van der Waals surface area (Å²) in [6, 6.07) is -1.57. The van der Waals surface area contributed by atoms with E-state index in [2.05, 4.69) is 16.2 Å². The molecule has 18 heavy (non-hydrogen) atoms. The van der Waals surface area contributed by atoms with Crippen LogP contribution in [0.2, 0.25) is 0 Å². The monoisotopic (exact) mass is 261 g/mol. The first-order chi connectivity index (χ1) is 8.36. The van der Waals surface area contributed by atoms with Gasteiger partial charge in [-0.1, -0.05) is 0 Å². The van der Waals surface area contributed by atoms with Gasteiger partial charge in [0.15, 0.2) is 0 Å². The van der Waals surface area contributed by atoms with E-state index in [1.807, 2.05) is 0 Å². The number of hydrogen-bond acceptors (Lipinski definition) is 6. The molecule has 0 radical (unpaired) electrons. The van der Waals surface area contributed by atoms with E-state index in [4.69, 9.17) is 16.6 Å². The minimum absolute atomic E-state index is 0.144. The maximum atomic E-state index is 11.6. The van der Waals surface area contributed by atoms with Crippen LogP contribution >= 0.6 is 0 Å². The van der Waals surface area contributed by atoms with Crippen LogP contribution in [-0.4, -0.2) is 48.1 Å². The maximum Gasteiger partial charge on any atom is 0.257 e. The van der Waals surface area contributed by atoms with E-state index < -0.39 is 29.8 Å². The van der Waals surface area contributed by atoms with Crippen LogP contribution in [0.1, 0.15) is 13.3 Å². The molecule has 2 unspecified atom stereocenters. The Morgan fingerprint density at radius 1 is 1.33 bits per heavy atom. The molecule has 0 rings (SSSR count). The molecule has 0 aromatic heterocycles. The third-order valence-electron chi connectivity index (χ3n) is 1.91. The largest absolute Gasteiger partial charge is 0.395 e. The molecular formula is C9H19N5O4. The molecule has 0 aromatic carbocycles. The molecule has 0 saturated carbocycles. The van der Waals surface area contributed by atoms with E-state index in [9.17, 15) is 14.4 Å². The van der Waals surface area contributed by atoms with Crippen LogP contribution < -0.4 is 27.6 Å². The highest BCUT2D eigenvalue weighted by Crippen LogP contribution is 1.91. The lowest BCUT2D eigenvalue weighted by Gasteiger charge is -2.17. The summed E-state index contributed by atoms with van der Waals surface area (Å²) >= 11 is 0. The molecule has 3 amide bonds. The van der Waals surface area contributed by atoms with Crippen LogP contribution in [0.4, 0.5) is 0 Å². The van der Waals surface area contributed by atoms with Crippen molar-refractivity contribution in [3.8, 4) is 0 Å². The van der Waals surface area contributed by atoms with Crippen molar-refractivity contribution in [2.75, 3.05) is 13.2 Å². The Morgan fingerprint density at radius 2 is 1.94 bits per heavy atom. The van der Waals surface area contributed by atoms with Gasteiger partial charge in [-0.25, -0.2) is 5.43 Å². The van der Waals surface area contributed by atoms with Gasteiger partial charge in [0, 0.05) is 19.5 Å². The van der Waals surface area contributed by atoms with E-state index in [1.165, 1.54) is 6.92 Å². The second kappa shape index (κ2) is 8.39. The Morgan fingerprint density at radius 3 is 2.39 bits per heavy atom. The van der Waals surface area contributed by atoms with E-state index >= 15 is 0 Å². The molecule has 0 heterocycles. The Hall–Kier alpha value is -1.71. The zero-order valence-electron chi connectivity index (χ0n) is 10.1. The van der Waals surface area contributed by atoms with Gasteiger partial charge in [0.25, 0.3) is 5.91 Å². The van der Waals surface area contributed by atoms with Crippen LogP contribution in [0.3, 0.4) is 0 Å². The van der Waals surface area contributed by atoms with Crippen molar-refractivity contribution in [1.82, 2.24) is 16.2 Å². The van der Waals surface area contributed by atoms with Crippen LogP contribution in [0.5, 0.6) is 0 Å². The van der Waals surface area contributed by atoms with Crippen LogP contribution in [-0.2, 0) is 14.4 Å². The number of primary amides is 1. The molecule has 0 aliphatic rings. The number of carbonyl (C=O) groups excluding carboxylic acids is 3. The summed E-state index contributed by atoms with van der Waals surface area (Å²) in [5.74, 6) is -1.78. The first-order valence-electron chi connectivity index (χ1n) is 5.31. The van der Waals surface area contributed by atoms with E-state index in [-0.39, 0.29) is 19.6 Å². The fourth-order valence-electron chi connectivity index (χ4n) is 1.08. The van der Waals surface area contributed by atoms with E-state index in [1.54, 1.807) is 0 Å². The molecule has 2 atom stereocenters. The van der Waals surface area contributed by atoms with Crippen molar-refractivity contribution in [3.63, 3.8) is 0 Å². The number of rotatable bonds is 8. The molecule has 9 heteroatoms. The van der Waals surface area contributed by atoms with Gasteiger partial charge >= 0.3 is 0 Å². The van der Waals surface area contributed by atoms with Gasteiger partial charge in [0.1, 0.15) is 6.04 Å². The first-order valence-corrected chi connectivity index (χ1v) is 5.31. The molecule has 104 valence electrons. The lowest BCUT2D eigenvalue weighted by Crippen LogP contribution is -2.53. The highest BCUT2D eigenvalue weighted by Gasteiger charge is 2.21. The van der Waals surface area contributed by atoms with Crippen molar-refractivity contribution in [2.24, 2.45) is 11.5 Å². The highest BCUT2D eigenvalue weighted by atomic mass is 16.3. The molecule has 0 bridgehead atoms. The number of hydrogen-bond donors (Lipinski definition) is 6. The van der Waals surface area contributed by atoms with Gasteiger partial charge in [-0.15, -0.1) is 0 Å². The van der Waals surface area contributed by atoms with Crippen LogP contribution in [0, 0.1) is 0 Å². The SMILES string of the molecule is CC(=O)NC(CC(N)=O)C(=O)NNCC(N)CO. The summed E-state index contributed by atoms with van der Waals surface area (Å²) in [6.07, 6.45) is -0.306. The zero-order valence-corrected chi connectivity index (χ0v) is 10.1. The van der Waals surface area contributed by atoms with Gasteiger partial charge in [-0.2, -0.15) is 0 Å². The smallest absolute Gasteiger partial charge is 0.257 e. The zero-order chi connectivity index (χ0) is 14.1. The minimum Gasteiger partial charge on any atom is -0.395 e. The Labute approximate surface area is 104 Å². The summed E-state index contributed by atoms with van der Waals surface area (Å²) in [5.41, 5.74) is 15.1. The Balaban J connectivity index is 4.20. The summed E-state index contributed by atoms with van der Waals surface area (Å²) in [6.45, 7) is 1.13. The quantitative estimate of drug-likeness (QED) is 0.247. The van der Waals surface area contributed by atoms with Crippen LogP contribution in [0.25, 0.3) is 0 Å². The molecule has 0 aliphatic carbocycles. The summed E-state index contributed by atoms with van der Waals surface area (Å²) in [5, 5.41) is 10.9. The van der Waals surface area contributed by atoms with Crippen molar-refractivity contribution < 1.29 is 19.5 Å². The van der Waals surface area contributed by atoms with Gasteiger partial charge in [-0.3, -0.25) is 19.8 Å². The lowest BCUT2D eigenvalue weighted by atomic mass is 10.2. The predicted octanol–water partition coefficient (Wildman–Crippen LogP) is -3.69. The number of nitrogens with one attached hydrogen (secondary N) is 3. The van der Waals surface area contributed by atoms with E-state index in [0.717, 1.165) is 0 Å². The molecule has 0 fully saturated rings. The van der Waals surface area contributed by atoms with E-state index in [0.29, 0.717) is 0 Å². The van der Waals surface area contributed by atoms with Crippen molar-refractivity contribution in [3.05, 3.63) is 0 Å². The second-order valence-corrected chi connectivity index (χ2v) is 3.74. The number of aliphatic hydroxyl groups excluding tert-OH is 1. The molecule has 0 saturated heterocycles. The topological polar surface area (TPSA) is 160 Å². The summed E-state index contributed by atoms with van der Waals surface area (Å²) in [4.78, 5) is 33.2. The Bertz CT molecular complexity index is 293. The second-order valence-electron chi connectivity index (χ2n) is 3.74. The number of amides is 3. The van der Waals surface area contributed by atoms with Crippen molar-refractivity contribution >= 4 is 17.7 Å². The predicted molar refractivity (Wildman–Crippen MR) is 62.6 cm³/mol. The summed E-state index contributed by atoms with van der Waals surface area (Å²) < 4.78 is 0. The van der Waals surface area contributed by atoms with Gasteiger partial charge in [0.2, 0.25) is 11.8 Å². The minimum atomic E-state index is -1.04. The summed E-state index contributed by atoms with van der Waals surface area (Å²) in [7, 11) is 0. The van der Waals surface area contributed by atoms with Crippen LogP contribution in [0.15, 0.2) is 0 Å². The number of carbonyl (C=O) groups is 3. The molecule has 0 aromatic rings. The number of hydrazine groups is 1. The fraction of sp³-hybridized carbons (Fsp3) is 0.667. The normalized spacial score (nSPS) is 13.5. The molecule has 9 nitrogen and oxygen atoms in total. The van der Waals surface area contributed by atoms with Gasteiger partial charge in [-0.05, 0) is 0 Å². The lowest BCUT2D eigenvalue weighted by molar-refractivity contribution is -0.131. The third kappa shape index (κ3) is 7.54. The first kappa shape index (κ1) is 16.3. The number of aliphatic hydroxyl groups is 1. The number of nitrogens with two attached hydrogens (primary N) is 2. The van der Waals surface area contributed by atoms with Gasteiger partial charge in [0.05, 0.1) is 13.0 Å². The average molecular weight is 261 g/mol. The average Bonchev–Trinajstić information content (AvgIpc) is 2.26. The maximum absolute atomic E-state index is 11.6. The standard InChI is InChI=1S/C9H19N5O4/c1-5(16)13-7(2-8(11)17)9(18)14-12-3-6(10)4-15/h6-7,12,15H,2-4,10H2,1H3,(H2,11,17)(H,13,16)(H,14,18). The molecule has 0 spiro atoms.